The van der Waals surface area contributed by atoms with Gasteiger partial charge in [0.15, 0.2) is 0 Å². The summed E-state index contributed by atoms with van der Waals surface area (Å²) in [6.45, 7) is 8.73. The lowest BCUT2D eigenvalue weighted by Crippen LogP contribution is -2.22. The van der Waals surface area contributed by atoms with E-state index in [9.17, 15) is 0 Å². The summed E-state index contributed by atoms with van der Waals surface area (Å²) >= 11 is 0. The van der Waals surface area contributed by atoms with Crippen LogP contribution in [0.3, 0.4) is 0 Å². The molecular formula is C29H30O2. The van der Waals surface area contributed by atoms with Gasteiger partial charge in [0, 0.05) is 11.8 Å². The second-order valence-corrected chi connectivity index (χ2v) is 8.80. The molecule has 0 saturated carbocycles. The number of allylic oxidation sites excluding steroid dienone is 4. The number of ether oxygens (including phenoxy) is 2. The first-order valence-corrected chi connectivity index (χ1v) is 10.9. The van der Waals surface area contributed by atoms with E-state index in [-0.39, 0.29) is 5.41 Å². The Morgan fingerprint density at radius 3 is 1.55 bits per heavy atom. The van der Waals surface area contributed by atoms with Crippen LogP contribution in [0, 0.1) is 13.8 Å². The van der Waals surface area contributed by atoms with E-state index < -0.39 is 0 Å². The highest BCUT2D eigenvalue weighted by atomic mass is 16.5. The van der Waals surface area contributed by atoms with Crippen LogP contribution in [-0.2, 0) is 5.41 Å². The van der Waals surface area contributed by atoms with Crippen LogP contribution in [0.15, 0.2) is 96.3 Å². The van der Waals surface area contributed by atoms with E-state index in [2.05, 4.69) is 88.4 Å². The van der Waals surface area contributed by atoms with Crippen molar-refractivity contribution in [3.8, 4) is 17.2 Å². The van der Waals surface area contributed by atoms with Crippen molar-refractivity contribution in [2.45, 2.75) is 46.0 Å². The summed E-state index contributed by atoms with van der Waals surface area (Å²) in [7, 11) is 0. The molecule has 31 heavy (non-hydrogen) atoms. The molecular weight excluding hydrogens is 380 g/mol. The third kappa shape index (κ3) is 5.08. The molecule has 0 atom stereocenters. The van der Waals surface area contributed by atoms with E-state index in [1.54, 1.807) is 0 Å². The summed E-state index contributed by atoms with van der Waals surface area (Å²) < 4.78 is 12.0. The molecule has 0 saturated heterocycles. The van der Waals surface area contributed by atoms with Crippen molar-refractivity contribution in [1.82, 2.24) is 0 Å². The fourth-order valence-corrected chi connectivity index (χ4v) is 3.85. The van der Waals surface area contributed by atoms with Crippen LogP contribution in [0.5, 0.6) is 17.2 Å². The number of hydrogen-bond donors (Lipinski definition) is 0. The largest absolute Gasteiger partial charge is 0.462 e. The molecule has 0 amide bonds. The molecule has 2 heteroatoms. The van der Waals surface area contributed by atoms with Crippen LogP contribution in [-0.4, -0.2) is 0 Å². The van der Waals surface area contributed by atoms with E-state index in [0.717, 1.165) is 35.8 Å². The van der Waals surface area contributed by atoms with Crippen molar-refractivity contribution in [2.75, 3.05) is 0 Å². The molecule has 1 aliphatic rings. The normalized spacial score (nSPS) is 13.9. The Morgan fingerprint density at radius 2 is 1.06 bits per heavy atom. The highest BCUT2D eigenvalue weighted by Crippen LogP contribution is 2.38. The second-order valence-electron chi connectivity index (χ2n) is 8.80. The average Bonchev–Trinajstić information content (AvgIpc) is 2.78. The average molecular weight is 411 g/mol. The lowest BCUT2D eigenvalue weighted by molar-refractivity contribution is 0.395. The van der Waals surface area contributed by atoms with E-state index in [0.29, 0.717) is 0 Å². The van der Waals surface area contributed by atoms with Crippen LogP contribution >= 0.6 is 0 Å². The minimum atomic E-state index is -0.0473. The van der Waals surface area contributed by atoms with E-state index >= 15 is 0 Å². The van der Waals surface area contributed by atoms with E-state index in [1.165, 1.54) is 22.3 Å². The first kappa shape index (κ1) is 21.0. The van der Waals surface area contributed by atoms with Crippen LogP contribution in [0.1, 0.15) is 43.4 Å². The predicted octanol–water partition coefficient (Wildman–Crippen LogP) is 8.06. The number of aryl methyl sites for hydroxylation is 2. The summed E-state index contributed by atoms with van der Waals surface area (Å²) in [4.78, 5) is 0. The lowest BCUT2D eigenvalue weighted by atomic mass is 9.74. The maximum atomic E-state index is 6.06. The Kier molecular flexibility index (Phi) is 5.99. The Balaban J connectivity index is 1.45. The fourth-order valence-electron chi connectivity index (χ4n) is 3.85. The first-order chi connectivity index (χ1) is 14.9. The van der Waals surface area contributed by atoms with Gasteiger partial charge in [-0.05, 0) is 68.3 Å². The standard InChI is InChI=1S/C29H30O2/c1-21-5-13-25(14-6-21)30-27-17-9-23(10-18-27)29(3,4)24-11-19-28(20-12-24)31-26-15-7-22(2)8-16-26/h5-11,13-19H,12,20H2,1-4H3. The zero-order valence-corrected chi connectivity index (χ0v) is 18.8. The molecule has 0 spiro atoms. The maximum Gasteiger partial charge on any atom is 0.127 e. The van der Waals surface area contributed by atoms with Crippen molar-refractivity contribution in [3.05, 3.63) is 113 Å². The monoisotopic (exact) mass is 410 g/mol. The highest BCUT2D eigenvalue weighted by Gasteiger charge is 2.27. The molecule has 2 nitrogen and oxygen atoms in total. The molecule has 0 heterocycles. The van der Waals surface area contributed by atoms with Gasteiger partial charge in [-0.1, -0.05) is 73.0 Å². The van der Waals surface area contributed by atoms with Crippen LogP contribution < -0.4 is 9.47 Å². The van der Waals surface area contributed by atoms with E-state index in [4.69, 9.17) is 9.47 Å². The molecule has 0 unspecified atom stereocenters. The van der Waals surface area contributed by atoms with Crippen molar-refractivity contribution in [3.63, 3.8) is 0 Å². The predicted molar refractivity (Wildman–Crippen MR) is 128 cm³/mol. The second kappa shape index (κ2) is 8.85. The smallest absolute Gasteiger partial charge is 0.127 e. The third-order valence-electron chi connectivity index (χ3n) is 6.02. The summed E-state index contributed by atoms with van der Waals surface area (Å²) in [5.41, 5.74) is 5.12. The Hall–Kier alpha value is -3.26. The molecule has 0 aliphatic heterocycles. The maximum absolute atomic E-state index is 6.06. The van der Waals surface area contributed by atoms with Crippen molar-refractivity contribution >= 4 is 0 Å². The SMILES string of the molecule is Cc1ccc(OC2=CC=C(C(C)(C)c3ccc(Oc4ccc(C)cc4)cc3)CC2)cc1. The number of benzene rings is 3. The molecule has 3 aromatic rings. The van der Waals surface area contributed by atoms with Crippen LogP contribution in [0.2, 0.25) is 0 Å². The molecule has 158 valence electrons. The number of hydrogen-bond acceptors (Lipinski definition) is 2. The lowest BCUT2D eigenvalue weighted by Gasteiger charge is -2.31. The van der Waals surface area contributed by atoms with Gasteiger partial charge in [-0.15, -0.1) is 0 Å². The minimum absolute atomic E-state index is 0.0473. The first-order valence-electron chi connectivity index (χ1n) is 10.9. The quantitative estimate of drug-likeness (QED) is 0.409. The van der Waals surface area contributed by atoms with Gasteiger partial charge in [0.25, 0.3) is 0 Å². The molecule has 1 aliphatic carbocycles. The van der Waals surface area contributed by atoms with Crippen LogP contribution in [0.25, 0.3) is 0 Å². The summed E-state index contributed by atoms with van der Waals surface area (Å²) in [6.07, 6.45) is 6.25. The van der Waals surface area contributed by atoms with Gasteiger partial charge in [-0.3, -0.25) is 0 Å². The molecule has 0 N–H and O–H groups in total. The number of rotatable bonds is 6. The van der Waals surface area contributed by atoms with Gasteiger partial charge in [-0.2, -0.15) is 0 Å². The van der Waals surface area contributed by atoms with Crippen molar-refractivity contribution in [1.29, 1.82) is 0 Å². The summed E-state index contributed by atoms with van der Waals surface area (Å²) in [5.74, 6) is 3.64. The highest BCUT2D eigenvalue weighted by molar-refractivity contribution is 5.42. The Bertz CT molecular complexity index is 1080. The Morgan fingerprint density at radius 1 is 0.581 bits per heavy atom. The molecule has 4 rings (SSSR count). The fraction of sp³-hybridized carbons (Fsp3) is 0.241. The zero-order valence-electron chi connectivity index (χ0n) is 18.8. The molecule has 0 aromatic heterocycles. The van der Waals surface area contributed by atoms with Gasteiger partial charge in [0.2, 0.25) is 0 Å². The summed E-state index contributed by atoms with van der Waals surface area (Å²) in [6, 6.07) is 24.8. The topological polar surface area (TPSA) is 18.5 Å². The molecule has 0 radical (unpaired) electrons. The zero-order chi connectivity index (χ0) is 21.8. The van der Waals surface area contributed by atoms with Crippen LogP contribution in [0.4, 0.5) is 0 Å². The van der Waals surface area contributed by atoms with Crippen molar-refractivity contribution in [2.24, 2.45) is 0 Å². The van der Waals surface area contributed by atoms with Gasteiger partial charge in [-0.25, -0.2) is 0 Å². The molecule has 0 fully saturated rings. The summed E-state index contributed by atoms with van der Waals surface area (Å²) in [5, 5.41) is 0. The molecule has 0 bridgehead atoms. The van der Waals surface area contributed by atoms with Crippen molar-refractivity contribution < 1.29 is 9.47 Å². The minimum Gasteiger partial charge on any atom is -0.462 e. The van der Waals surface area contributed by atoms with E-state index in [1.807, 2.05) is 24.3 Å². The van der Waals surface area contributed by atoms with Gasteiger partial charge < -0.3 is 9.47 Å². The Labute approximate surface area is 185 Å². The van der Waals surface area contributed by atoms with Gasteiger partial charge in [0.05, 0.1) is 0 Å². The molecule has 3 aromatic carbocycles. The van der Waals surface area contributed by atoms with Gasteiger partial charge in [0.1, 0.15) is 23.0 Å². The van der Waals surface area contributed by atoms with Gasteiger partial charge >= 0.3 is 0 Å². The third-order valence-corrected chi connectivity index (χ3v) is 6.02.